The van der Waals surface area contributed by atoms with E-state index < -0.39 is 0 Å². The molecule has 1 N–H and O–H groups in total. The molecule has 1 atom stereocenters. The SMILES string of the molecule is COC(=O)C(C)CSCC(=O)Nc1c(C)cccc1C. The van der Waals surface area contributed by atoms with E-state index in [0.29, 0.717) is 11.5 Å². The maximum Gasteiger partial charge on any atom is 0.309 e. The largest absolute Gasteiger partial charge is 0.469 e. The Bertz CT molecular complexity index is 468. The first kappa shape index (κ1) is 16.6. The third-order valence-corrected chi connectivity index (χ3v) is 4.15. The van der Waals surface area contributed by atoms with Crippen molar-refractivity contribution in [3.63, 3.8) is 0 Å². The van der Waals surface area contributed by atoms with Crippen LogP contribution in [-0.4, -0.2) is 30.5 Å². The number of hydrogen-bond donors (Lipinski definition) is 1. The number of esters is 1. The van der Waals surface area contributed by atoms with E-state index in [1.54, 1.807) is 6.92 Å². The van der Waals surface area contributed by atoms with Crippen LogP contribution in [0.3, 0.4) is 0 Å². The van der Waals surface area contributed by atoms with Crippen LogP contribution in [0, 0.1) is 19.8 Å². The van der Waals surface area contributed by atoms with E-state index in [1.807, 2.05) is 32.0 Å². The van der Waals surface area contributed by atoms with Crippen molar-refractivity contribution >= 4 is 29.3 Å². The zero-order chi connectivity index (χ0) is 15.1. The van der Waals surface area contributed by atoms with Crippen LogP contribution in [0.5, 0.6) is 0 Å². The van der Waals surface area contributed by atoms with Gasteiger partial charge in [-0.15, -0.1) is 0 Å². The van der Waals surface area contributed by atoms with Crippen LogP contribution in [0.1, 0.15) is 18.1 Å². The van der Waals surface area contributed by atoms with Crippen molar-refractivity contribution in [3.05, 3.63) is 29.3 Å². The third-order valence-electron chi connectivity index (χ3n) is 2.95. The summed E-state index contributed by atoms with van der Waals surface area (Å²) in [6, 6.07) is 5.90. The Hall–Kier alpha value is -1.49. The number of ether oxygens (including phenoxy) is 1. The molecule has 20 heavy (non-hydrogen) atoms. The van der Waals surface area contributed by atoms with Crippen molar-refractivity contribution in [2.45, 2.75) is 20.8 Å². The van der Waals surface area contributed by atoms with E-state index in [0.717, 1.165) is 16.8 Å². The molecule has 0 aliphatic carbocycles. The predicted molar refractivity (Wildman–Crippen MR) is 83.1 cm³/mol. The summed E-state index contributed by atoms with van der Waals surface area (Å²) in [5.41, 5.74) is 2.97. The van der Waals surface area contributed by atoms with Gasteiger partial charge in [-0.2, -0.15) is 11.8 Å². The van der Waals surface area contributed by atoms with E-state index in [4.69, 9.17) is 0 Å². The number of carbonyl (C=O) groups is 2. The van der Waals surface area contributed by atoms with Crippen LogP contribution in [-0.2, 0) is 14.3 Å². The van der Waals surface area contributed by atoms with Crippen molar-refractivity contribution < 1.29 is 14.3 Å². The maximum absolute atomic E-state index is 11.9. The van der Waals surface area contributed by atoms with Crippen LogP contribution in [0.25, 0.3) is 0 Å². The Morgan fingerprint density at radius 2 is 1.90 bits per heavy atom. The normalized spacial score (nSPS) is 11.8. The summed E-state index contributed by atoms with van der Waals surface area (Å²) in [6.45, 7) is 5.73. The lowest BCUT2D eigenvalue weighted by Crippen LogP contribution is -2.19. The van der Waals surface area contributed by atoms with Crippen LogP contribution in [0.4, 0.5) is 5.69 Å². The molecule has 1 unspecified atom stereocenters. The van der Waals surface area contributed by atoms with E-state index in [2.05, 4.69) is 10.1 Å². The van der Waals surface area contributed by atoms with E-state index >= 15 is 0 Å². The van der Waals surface area contributed by atoms with E-state index in [9.17, 15) is 9.59 Å². The smallest absolute Gasteiger partial charge is 0.309 e. The molecule has 0 aromatic heterocycles. The number of thioether (sulfide) groups is 1. The van der Waals surface area contributed by atoms with Crippen LogP contribution in [0.15, 0.2) is 18.2 Å². The molecule has 5 heteroatoms. The second kappa shape index (κ2) is 7.94. The molecule has 1 amide bonds. The number of benzene rings is 1. The Balaban J connectivity index is 2.43. The second-order valence-corrected chi connectivity index (χ2v) is 5.78. The number of anilines is 1. The summed E-state index contributed by atoms with van der Waals surface area (Å²) < 4.78 is 4.64. The lowest BCUT2D eigenvalue weighted by atomic mass is 10.1. The molecule has 0 heterocycles. The fourth-order valence-electron chi connectivity index (χ4n) is 1.78. The summed E-state index contributed by atoms with van der Waals surface area (Å²) in [6.07, 6.45) is 0. The molecule has 110 valence electrons. The first-order valence-corrected chi connectivity index (χ1v) is 7.62. The minimum absolute atomic E-state index is 0.0514. The second-order valence-electron chi connectivity index (χ2n) is 4.75. The molecule has 0 saturated carbocycles. The van der Waals surface area contributed by atoms with Crippen molar-refractivity contribution in [1.82, 2.24) is 0 Å². The molecule has 4 nitrogen and oxygen atoms in total. The van der Waals surface area contributed by atoms with Crippen LogP contribution < -0.4 is 5.32 Å². The monoisotopic (exact) mass is 295 g/mol. The van der Waals surface area contributed by atoms with Crippen molar-refractivity contribution in [2.24, 2.45) is 5.92 Å². The number of para-hydroxylation sites is 1. The highest BCUT2D eigenvalue weighted by molar-refractivity contribution is 8.00. The van der Waals surface area contributed by atoms with Gasteiger partial charge in [-0.3, -0.25) is 9.59 Å². The van der Waals surface area contributed by atoms with Gasteiger partial charge in [0.05, 0.1) is 18.8 Å². The zero-order valence-corrected chi connectivity index (χ0v) is 13.2. The molecule has 1 aromatic carbocycles. The number of nitrogens with one attached hydrogen (secondary N) is 1. The first-order valence-electron chi connectivity index (χ1n) is 6.47. The van der Waals surface area contributed by atoms with Crippen LogP contribution in [0.2, 0.25) is 0 Å². The molecule has 0 bridgehead atoms. The Morgan fingerprint density at radius 3 is 2.45 bits per heavy atom. The number of aryl methyl sites for hydroxylation is 2. The molecular weight excluding hydrogens is 274 g/mol. The van der Waals surface area contributed by atoms with Crippen molar-refractivity contribution in [1.29, 1.82) is 0 Å². The molecule has 0 aliphatic rings. The fourth-order valence-corrected chi connectivity index (χ4v) is 2.65. The average molecular weight is 295 g/mol. The van der Waals surface area contributed by atoms with Gasteiger partial charge in [-0.25, -0.2) is 0 Å². The zero-order valence-electron chi connectivity index (χ0n) is 12.4. The Labute approximate surface area is 124 Å². The molecule has 1 rings (SSSR count). The van der Waals surface area contributed by atoms with Gasteiger partial charge in [0.1, 0.15) is 0 Å². The first-order chi connectivity index (χ1) is 9.45. The van der Waals surface area contributed by atoms with Crippen molar-refractivity contribution in [3.8, 4) is 0 Å². The number of amides is 1. The van der Waals surface area contributed by atoms with Gasteiger partial charge < -0.3 is 10.1 Å². The predicted octanol–water partition coefficient (Wildman–Crippen LogP) is 2.78. The van der Waals surface area contributed by atoms with E-state index in [-0.39, 0.29) is 17.8 Å². The minimum Gasteiger partial charge on any atom is -0.469 e. The van der Waals surface area contributed by atoms with Gasteiger partial charge in [-0.05, 0) is 25.0 Å². The maximum atomic E-state index is 11.9. The lowest BCUT2D eigenvalue weighted by molar-refractivity contribution is -0.144. The number of rotatable bonds is 6. The third kappa shape index (κ3) is 4.89. The number of hydrogen-bond acceptors (Lipinski definition) is 4. The molecule has 0 fully saturated rings. The van der Waals surface area contributed by atoms with Gasteiger partial charge in [0.15, 0.2) is 0 Å². The number of carbonyl (C=O) groups excluding carboxylic acids is 2. The summed E-state index contributed by atoms with van der Waals surface area (Å²) in [5.74, 6) is 0.414. The molecular formula is C15H21NO3S. The van der Waals surface area contributed by atoms with Gasteiger partial charge >= 0.3 is 5.97 Å². The summed E-state index contributed by atoms with van der Waals surface area (Å²) in [7, 11) is 1.37. The van der Waals surface area contributed by atoms with Crippen molar-refractivity contribution in [2.75, 3.05) is 23.9 Å². The molecule has 0 radical (unpaired) electrons. The quantitative estimate of drug-likeness (QED) is 0.820. The lowest BCUT2D eigenvalue weighted by Gasteiger charge is -2.12. The molecule has 0 spiro atoms. The van der Waals surface area contributed by atoms with Gasteiger partial charge in [0.25, 0.3) is 0 Å². The fraction of sp³-hybridized carbons (Fsp3) is 0.467. The van der Waals surface area contributed by atoms with Gasteiger partial charge in [-0.1, -0.05) is 25.1 Å². The highest BCUT2D eigenvalue weighted by Crippen LogP contribution is 2.20. The Morgan fingerprint density at radius 1 is 1.30 bits per heavy atom. The Kier molecular flexibility index (Phi) is 6.58. The van der Waals surface area contributed by atoms with Gasteiger partial charge in [0.2, 0.25) is 5.91 Å². The average Bonchev–Trinajstić information content (AvgIpc) is 2.42. The van der Waals surface area contributed by atoms with Gasteiger partial charge in [0, 0.05) is 11.4 Å². The van der Waals surface area contributed by atoms with Crippen LogP contribution >= 0.6 is 11.8 Å². The highest BCUT2D eigenvalue weighted by atomic mass is 32.2. The topological polar surface area (TPSA) is 55.4 Å². The van der Waals surface area contributed by atoms with E-state index in [1.165, 1.54) is 18.9 Å². The molecule has 0 aliphatic heterocycles. The summed E-state index contributed by atoms with van der Waals surface area (Å²) in [4.78, 5) is 23.1. The summed E-state index contributed by atoms with van der Waals surface area (Å²) >= 11 is 1.43. The number of methoxy groups -OCH3 is 1. The standard InChI is InChI=1S/C15H21NO3S/c1-10-6-5-7-11(2)14(10)16-13(17)9-20-8-12(3)15(18)19-4/h5-7,12H,8-9H2,1-4H3,(H,16,17). The minimum atomic E-state index is -0.243. The highest BCUT2D eigenvalue weighted by Gasteiger charge is 2.14. The summed E-state index contributed by atoms with van der Waals surface area (Å²) in [5, 5.41) is 2.92. The molecule has 0 saturated heterocycles. The molecule has 1 aromatic rings.